The van der Waals surface area contributed by atoms with Crippen molar-refractivity contribution in [1.82, 2.24) is 9.88 Å². The number of nitrogens with zero attached hydrogens (tertiary/aromatic N) is 1. The molecule has 1 atom stereocenters. The summed E-state index contributed by atoms with van der Waals surface area (Å²) in [7, 11) is 1.57. The van der Waals surface area contributed by atoms with Gasteiger partial charge in [-0.2, -0.15) is 0 Å². The van der Waals surface area contributed by atoms with Crippen LogP contribution in [0.4, 0.5) is 0 Å². The Morgan fingerprint density at radius 3 is 2.44 bits per heavy atom. The molecule has 150 valence electrons. The van der Waals surface area contributed by atoms with E-state index in [1.165, 1.54) is 0 Å². The van der Waals surface area contributed by atoms with E-state index in [1.54, 1.807) is 39.7 Å². The quantitative estimate of drug-likeness (QED) is 0.527. The summed E-state index contributed by atoms with van der Waals surface area (Å²) in [5, 5.41) is 0. The van der Waals surface area contributed by atoms with Crippen LogP contribution in [0.3, 0.4) is 0 Å². The van der Waals surface area contributed by atoms with Crippen LogP contribution in [-0.2, 0) is 14.3 Å². The molecule has 1 aromatic heterocycles. The lowest BCUT2D eigenvalue weighted by Gasteiger charge is -2.35. The number of ether oxygens (including phenoxy) is 2. The molecule has 1 N–H and O–H groups in total. The molecule has 7 heteroatoms. The molecule has 1 unspecified atom stereocenters. The second-order valence-electron chi connectivity index (χ2n) is 7.04. The minimum absolute atomic E-state index is 0.000572. The predicted molar refractivity (Wildman–Crippen MR) is 101 cm³/mol. The molecule has 0 aromatic carbocycles. The minimum atomic E-state index is -0.628. The van der Waals surface area contributed by atoms with E-state index in [2.05, 4.69) is 4.98 Å². The van der Waals surface area contributed by atoms with Crippen LogP contribution in [0.15, 0.2) is 0 Å². The van der Waals surface area contributed by atoms with E-state index in [9.17, 15) is 14.4 Å². The van der Waals surface area contributed by atoms with Gasteiger partial charge in [0.1, 0.15) is 5.69 Å². The molecular formula is C20H30N2O5. The molecule has 1 aliphatic carbocycles. The van der Waals surface area contributed by atoms with Crippen molar-refractivity contribution in [2.75, 3.05) is 26.9 Å². The zero-order valence-corrected chi connectivity index (χ0v) is 16.9. The van der Waals surface area contributed by atoms with Gasteiger partial charge >= 0.3 is 5.97 Å². The van der Waals surface area contributed by atoms with Gasteiger partial charge in [0, 0.05) is 30.8 Å². The molecule has 1 amide bonds. The summed E-state index contributed by atoms with van der Waals surface area (Å²) in [5.74, 6) is -0.650. The van der Waals surface area contributed by atoms with Gasteiger partial charge in [-0.15, -0.1) is 0 Å². The summed E-state index contributed by atoms with van der Waals surface area (Å²) in [6.07, 6.45) is 2.80. The number of Topliss-reactive ketones (excluding diaryl/α,β-unsaturated/α-hetero) is 1. The van der Waals surface area contributed by atoms with E-state index in [1.807, 2.05) is 0 Å². The highest BCUT2D eigenvalue weighted by Gasteiger charge is 2.35. The minimum Gasteiger partial charge on any atom is -0.461 e. The Morgan fingerprint density at radius 1 is 1.26 bits per heavy atom. The van der Waals surface area contributed by atoms with E-state index in [-0.39, 0.29) is 24.2 Å². The second-order valence-corrected chi connectivity index (χ2v) is 7.04. The van der Waals surface area contributed by atoms with Crippen molar-refractivity contribution in [3.8, 4) is 0 Å². The van der Waals surface area contributed by atoms with Gasteiger partial charge in [0.25, 0.3) is 0 Å². The fourth-order valence-electron chi connectivity index (χ4n) is 3.45. The molecule has 1 heterocycles. The lowest BCUT2D eigenvalue weighted by molar-refractivity contribution is -0.140. The van der Waals surface area contributed by atoms with Crippen molar-refractivity contribution in [2.24, 2.45) is 5.92 Å². The Labute approximate surface area is 160 Å². The maximum Gasteiger partial charge on any atom is 0.355 e. The number of aromatic amines is 1. The maximum atomic E-state index is 13.2. The summed E-state index contributed by atoms with van der Waals surface area (Å²) < 4.78 is 10.2. The molecular weight excluding hydrogens is 348 g/mol. The number of aryl methyl sites for hydroxylation is 1. The number of nitrogens with one attached hydrogen (secondary N) is 1. The molecule has 1 aromatic rings. The van der Waals surface area contributed by atoms with E-state index in [0.29, 0.717) is 35.7 Å². The van der Waals surface area contributed by atoms with Gasteiger partial charge in [0.05, 0.1) is 19.3 Å². The molecule has 1 fully saturated rings. The second kappa shape index (κ2) is 9.17. The van der Waals surface area contributed by atoms with Crippen molar-refractivity contribution in [3.05, 3.63) is 22.5 Å². The number of aromatic nitrogens is 1. The van der Waals surface area contributed by atoms with Crippen molar-refractivity contribution in [1.29, 1.82) is 0 Å². The van der Waals surface area contributed by atoms with Crippen molar-refractivity contribution < 1.29 is 23.9 Å². The van der Waals surface area contributed by atoms with Crippen LogP contribution in [-0.4, -0.2) is 60.5 Å². The Balaban J connectivity index is 2.27. The summed E-state index contributed by atoms with van der Waals surface area (Å²) in [6.45, 7) is 7.95. The number of amides is 1. The predicted octanol–water partition coefficient (Wildman–Crippen LogP) is 2.65. The van der Waals surface area contributed by atoms with E-state index < -0.39 is 12.0 Å². The lowest BCUT2D eigenvalue weighted by Crippen LogP contribution is -2.48. The molecule has 2 rings (SSSR count). The number of hydrogen-bond acceptors (Lipinski definition) is 5. The average Bonchev–Trinajstić information content (AvgIpc) is 2.87. The van der Waals surface area contributed by atoms with Crippen LogP contribution in [0, 0.1) is 19.8 Å². The van der Waals surface area contributed by atoms with Gasteiger partial charge in [-0.25, -0.2) is 4.79 Å². The number of carbonyl (C=O) groups excluding carboxylic acids is 3. The molecule has 0 bridgehead atoms. The highest BCUT2D eigenvalue weighted by atomic mass is 16.5. The number of methoxy groups -OCH3 is 1. The monoisotopic (exact) mass is 378 g/mol. The third kappa shape index (κ3) is 4.40. The normalized spacial score (nSPS) is 15.1. The molecule has 0 saturated heterocycles. The van der Waals surface area contributed by atoms with Crippen molar-refractivity contribution >= 4 is 17.7 Å². The highest BCUT2D eigenvalue weighted by Crippen LogP contribution is 2.30. The first-order valence-corrected chi connectivity index (χ1v) is 9.53. The van der Waals surface area contributed by atoms with Crippen molar-refractivity contribution in [2.45, 2.75) is 53.0 Å². The van der Waals surface area contributed by atoms with Gasteiger partial charge in [0.15, 0.2) is 5.78 Å². The number of H-pyrrole nitrogens is 1. The summed E-state index contributed by atoms with van der Waals surface area (Å²) in [4.78, 5) is 42.7. The van der Waals surface area contributed by atoms with Crippen LogP contribution < -0.4 is 0 Å². The highest BCUT2D eigenvalue weighted by molar-refractivity contribution is 6.06. The Morgan fingerprint density at radius 2 is 1.93 bits per heavy atom. The van der Waals surface area contributed by atoms with E-state index >= 15 is 0 Å². The molecule has 0 radical (unpaired) electrons. The fraction of sp³-hybridized carbons (Fsp3) is 0.650. The smallest absolute Gasteiger partial charge is 0.355 e. The summed E-state index contributed by atoms with van der Waals surface area (Å²) in [6, 6.07) is -0.628. The van der Waals surface area contributed by atoms with Crippen LogP contribution in [0.5, 0.6) is 0 Å². The molecule has 0 spiro atoms. The Hall–Kier alpha value is -2.15. The first-order chi connectivity index (χ1) is 12.8. The van der Waals surface area contributed by atoms with Crippen LogP contribution in [0.2, 0.25) is 0 Å². The van der Waals surface area contributed by atoms with Gasteiger partial charge in [0.2, 0.25) is 5.91 Å². The van der Waals surface area contributed by atoms with Crippen LogP contribution in [0.25, 0.3) is 0 Å². The number of ketones is 1. The topological polar surface area (TPSA) is 88.7 Å². The van der Waals surface area contributed by atoms with E-state index in [0.717, 1.165) is 19.3 Å². The first-order valence-electron chi connectivity index (χ1n) is 9.53. The fourth-order valence-corrected chi connectivity index (χ4v) is 3.45. The van der Waals surface area contributed by atoms with Crippen molar-refractivity contribution in [3.63, 3.8) is 0 Å². The standard InChI is InChI=1S/C20H30N2O5/c1-6-27-20(25)17-12(2)16(13(3)21-17)18(23)14(4)22(10-11-26-5)19(24)15-8-7-9-15/h14-15,21H,6-11H2,1-5H3. The number of esters is 1. The van der Waals surface area contributed by atoms with Crippen LogP contribution >= 0.6 is 0 Å². The molecule has 7 nitrogen and oxygen atoms in total. The number of hydrogen-bond donors (Lipinski definition) is 1. The molecule has 1 saturated carbocycles. The third-order valence-corrected chi connectivity index (χ3v) is 5.28. The largest absolute Gasteiger partial charge is 0.461 e. The molecule has 1 aliphatic rings. The summed E-state index contributed by atoms with van der Waals surface area (Å²) in [5.41, 5.74) is 1.91. The summed E-state index contributed by atoms with van der Waals surface area (Å²) >= 11 is 0. The zero-order valence-electron chi connectivity index (χ0n) is 16.9. The molecule has 0 aliphatic heterocycles. The SMILES string of the molecule is CCOC(=O)c1[nH]c(C)c(C(=O)C(C)N(CCOC)C(=O)C2CCC2)c1C. The third-order valence-electron chi connectivity index (χ3n) is 5.28. The van der Waals surface area contributed by atoms with E-state index in [4.69, 9.17) is 9.47 Å². The number of rotatable bonds is 9. The lowest BCUT2D eigenvalue weighted by atomic mass is 9.84. The zero-order chi connectivity index (χ0) is 20.1. The van der Waals surface area contributed by atoms with Gasteiger partial charge < -0.3 is 19.4 Å². The average molecular weight is 378 g/mol. The Kier molecular flexibility index (Phi) is 7.18. The van der Waals surface area contributed by atoms with Gasteiger partial charge in [-0.05, 0) is 46.1 Å². The van der Waals surface area contributed by atoms with Crippen LogP contribution in [0.1, 0.15) is 65.2 Å². The van der Waals surface area contributed by atoms with Gasteiger partial charge in [-0.1, -0.05) is 6.42 Å². The van der Waals surface area contributed by atoms with Gasteiger partial charge in [-0.3, -0.25) is 9.59 Å². The maximum absolute atomic E-state index is 13.2. The Bertz CT molecular complexity index is 705. The first kappa shape index (κ1) is 21.2. The molecule has 27 heavy (non-hydrogen) atoms. The number of carbonyl (C=O) groups is 3.